The van der Waals surface area contributed by atoms with Crippen LogP contribution in [0.5, 0.6) is 0 Å². The minimum Gasteiger partial charge on any atom is -0.322 e. The summed E-state index contributed by atoms with van der Waals surface area (Å²) in [6.07, 6.45) is 4.03. The Morgan fingerprint density at radius 3 is 2.57 bits per heavy atom. The van der Waals surface area contributed by atoms with Gasteiger partial charge in [-0.3, -0.25) is 4.90 Å². The molecule has 3 rings (SSSR count). The van der Waals surface area contributed by atoms with Crippen LogP contribution in [0.4, 0.5) is 0 Å². The van der Waals surface area contributed by atoms with Crippen molar-refractivity contribution in [1.82, 2.24) is 9.30 Å². The van der Waals surface area contributed by atoms with Crippen LogP contribution in [0.25, 0.3) is 5.52 Å². The molecule has 2 heterocycles. The van der Waals surface area contributed by atoms with Crippen molar-refractivity contribution in [1.29, 1.82) is 5.26 Å². The summed E-state index contributed by atoms with van der Waals surface area (Å²) in [5, 5.41) is 9.43. The summed E-state index contributed by atoms with van der Waals surface area (Å²) in [6.45, 7) is 1.64. The molecule has 21 heavy (non-hydrogen) atoms. The zero-order chi connectivity index (χ0) is 14.7. The molecule has 0 aliphatic rings. The van der Waals surface area contributed by atoms with Gasteiger partial charge in [0.2, 0.25) is 0 Å². The second-order valence-corrected chi connectivity index (χ2v) is 5.29. The quantitative estimate of drug-likeness (QED) is 0.730. The SMILES string of the molecule is CN(Cc1ccccc1)Cc1cn2ccccc2c1C#N. The molecule has 2 aromatic heterocycles. The third-order valence-corrected chi connectivity index (χ3v) is 3.61. The molecule has 0 atom stereocenters. The third kappa shape index (κ3) is 2.81. The lowest BCUT2D eigenvalue weighted by Crippen LogP contribution is -2.17. The predicted octanol–water partition coefficient (Wildman–Crippen LogP) is 3.44. The number of hydrogen-bond acceptors (Lipinski definition) is 2. The Morgan fingerprint density at radius 1 is 1.05 bits per heavy atom. The first-order chi connectivity index (χ1) is 10.3. The molecule has 0 saturated heterocycles. The first-order valence-corrected chi connectivity index (χ1v) is 6.99. The van der Waals surface area contributed by atoms with Gasteiger partial charge in [-0.25, -0.2) is 0 Å². The molecule has 3 nitrogen and oxygen atoms in total. The Bertz CT molecular complexity index is 781. The zero-order valence-electron chi connectivity index (χ0n) is 12.0. The third-order valence-electron chi connectivity index (χ3n) is 3.61. The molecule has 3 aromatic rings. The molecule has 0 saturated carbocycles. The van der Waals surface area contributed by atoms with Crippen LogP contribution in [0.3, 0.4) is 0 Å². The monoisotopic (exact) mass is 275 g/mol. The number of aromatic nitrogens is 1. The molecule has 0 bridgehead atoms. The fraction of sp³-hybridized carbons (Fsp3) is 0.167. The second kappa shape index (κ2) is 5.82. The van der Waals surface area contributed by atoms with Crippen LogP contribution >= 0.6 is 0 Å². The standard InChI is InChI=1S/C18H17N3/c1-20(12-15-7-3-2-4-8-15)13-16-14-21-10-6-5-9-18(21)17(16)11-19/h2-10,14H,12-13H2,1H3. The molecule has 0 N–H and O–H groups in total. The lowest BCUT2D eigenvalue weighted by molar-refractivity contribution is 0.319. The Hall–Kier alpha value is -2.57. The van der Waals surface area contributed by atoms with Crippen LogP contribution in [0, 0.1) is 11.3 Å². The van der Waals surface area contributed by atoms with Crippen LogP contribution in [0.2, 0.25) is 0 Å². The van der Waals surface area contributed by atoms with Crippen molar-refractivity contribution in [2.75, 3.05) is 7.05 Å². The fourth-order valence-corrected chi connectivity index (χ4v) is 2.67. The average Bonchev–Trinajstić information content (AvgIpc) is 2.85. The van der Waals surface area contributed by atoms with Crippen LogP contribution in [-0.2, 0) is 13.1 Å². The molecule has 0 fully saturated rings. The van der Waals surface area contributed by atoms with E-state index in [1.54, 1.807) is 0 Å². The Labute approximate surface area is 124 Å². The van der Waals surface area contributed by atoms with Crippen molar-refractivity contribution in [3.63, 3.8) is 0 Å². The summed E-state index contributed by atoms with van der Waals surface area (Å²) in [7, 11) is 2.08. The molecular weight excluding hydrogens is 258 g/mol. The van der Waals surface area contributed by atoms with Gasteiger partial charge in [0, 0.05) is 31.0 Å². The highest BCUT2D eigenvalue weighted by Crippen LogP contribution is 2.19. The van der Waals surface area contributed by atoms with Crippen molar-refractivity contribution in [2.45, 2.75) is 13.1 Å². The first kappa shape index (κ1) is 13.4. The van der Waals surface area contributed by atoms with Crippen LogP contribution < -0.4 is 0 Å². The van der Waals surface area contributed by atoms with Gasteiger partial charge in [-0.2, -0.15) is 5.26 Å². The summed E-state index contributed by atoms with van der Waals surface area (Å²) in [5.41, 5.74) is 4.10. The van der Waals surface area contributed by atoms with E-state index in [1.807, 2.05) is 34.9 Å². The molecule has 1 aromatic carbocycles. The van der Waals surface area contributed by atoms with Gasteiger partial charge < -0.3 is 4.40 Å². The van der Waals surface area contributed by atoms with Crippen LogP contribution in [-0.4, -0.2) is 16.3 Å². The summed E-state index contributed by atoms with van der Waals surface area (Å²) < 4.78 is 2.02. The van der Waals surface area contributed by atoms with E-state index in [2.05, 4.69) is 48.5 Å². The largest absolute Gasteiger partial charge is 0.322 e. The van der Waals surface area contributed by atoms with Crippen LogP contribution in [0.1, 0.15) is 16.7 Å². The molecular formula is C18H17N3. The molecule has 0 spiro atoms. The minimum absolute atomic E-state index is 0.763. The smallest absolute Gasteiger partial charge is 0.102 e. The van der Waals surface area contributed by atoms with Crippen molar-refractivity contribution < 1.29 is 0 Å². The second-order valence-electron chi connectivity index (χ2n) is 5.29. The Kier molecular flexibility index (Phi) is 3.72. The molecule has 0 aliphatic carbocycles. The molecule has 3 heteroatoms. The molecule has 104 valence electrons. The maximum Gasteiger partial charge on any atom is 0.102 e. The van der Waals surface area contributed by atoms with E-state index in [1.165, 1.54) is 5.56 Å². The lowest BCUT2D eigenvalue weighted by Gasteiger charge is -2.16. The number of nitriles is 1. The lowest BCUT2D eigenvalue weighted by atomic mass is 10.1. The highest BCUT2D eigenvalue weighted by atomic mass is 15.1. The minimum atomic E-state index is 0.763. The van der Waals surface area contributed by atoms with E-state index in [0.29, 0.717) is 0 Å². The van der Waals surface area contributed by atoms with Crippen molar-refractivity contribution >= 4 is 5.52 Å². The number of rotatable bonds is 4. The Morgan fingerprint density at radius 2 is 1.81 bits per heavy atom. The zero-order valence-corrected chi connectivity index (χ0v) is 12.0. The number of benzene rings is 1. The van der Waals surface area contributed by atoms with Gasteiger partial charge in [-0.15, -0.1) is 0 Å². The van der Waals surface area contributed by atoms with Gasteiger partial charge in [0.25, 0.3) is 0 Å². The van der Waals surface area contributed by atoms with E-state index in [9.17, 15) is 5.26 Å². The molecule has 0 aliphatic heterocycles. The fourth-order valence-electron chi connectivity index (χ4n) is 2.67. The number of nitrogens with zero attached hydrogens (tertiary/aromatic N) is 3. The first-order valence-electron chi connectivity index (χ1n) is 6.99. The van der Waals surface area contributed by atoms with Gasteiger partial charge in [0.1, 0.15) is 6.07 Å². The normalized spacial score (nSPS) is 10.9. The maximum atomic E-state index is 9.43. The maximum absolute atomic E-state index is 9.43. The molecule has 0 amide bonds. The van der Waals surface area contributed by atoms with E-state index < -0.39 is 0 Å². The van der Waals surface area contributed by atoms with Gasteiger partial charge >= 0.3 is 0 Å². The molecule has 0 radical (unpaired) electrons. The highest BCUT2D eigenvalue weighted by molar-refractivity contribution is 5.65. The number of hydrogen-bond donors (Lipinski definition) is 0. The van der Waals surface area contributed by atoms with Crippen molar-refractivity contribution in [3.05, 3.63) is 77.6 Å². The van der Waals surface area contributed by atoms with E-state index in [4.69, 9.17) is 0 Å². The van der Waals surface area contributed by atoms with Gasteiger partial charge in [0.15, 0.2) is 0 Å². The summed E-state index contributed by atoms with van der Waals surface area (Å²) >= 11 is 0. The van der Waals surface area contributed by atoms with Gasteiger partial charge in [-0.1, -0.05) is 36.4 Å². The van der Waals surface area contributed by atoms with E-state index in [-0.39, 0.29) is 0 Å². The highest BCUT2D eigenvalue weighted by Gasteiger charge is 2.11. The molecule has 0 unspecified atom stereocenters. The van der Waals surface area contributed by atoms with E-state index in [0.717, 1.165) is 29.7 Å². The Balaban J connectivity index is 1.83. The van der Waals surface area contributed by atoms with Gasteiger partial charge in [0.05, 0.1) is 11.1 Å². The van der Waals surface area contributed by atoms with Crippen molar-refractivity contribution in [3.8, 4) is 6.07 Å². The average molecular weight is 275 g/mol. The van der Waals surface area contributed by atoms with Gasteiger partial charge in [-0.05, 0) is 24.7 Å². The predicted molar refractivity (Wildman–Crippen MR) is 83.7 cm³/mol. The topological polar surface area (TPSA) is 31.4 Å². The number of pyridine rings is 1. The van der Waals surface area contributed by atoms with Crippen molar-refractivity contribution in [2.24, 2.45) is 0 Å². The summed E-state index contributed by atoms with van der Waals surface area (Å²) in [5.74, 6) is 0. The summed E-state index contributed by atoms with van der Waals surface area (Å²) in [6, 6.07) is 18.6. The summed E-state index contributed by atoms with van der Waals surface area (Å²) in [4.78, 5) is 2.23. The van der Waals surface area contributed by atoms with E-state index >= 15 is 0 Å². The van der Waals surface area contributed by atoms with Crippen LogP contribution in [0.15, 0.2) is 60.9 Å². The number of fused-ring (bicyclic) bond motifs is 1.